The van der Waals surface area contributed by atoms with Gasteiger partial charge >= 0.3 is 0 Å². The lowest BCUT2D eigenvalue weighted by Gasteiger charge is -2.11. The van der Waals surface area contributed by atoms with Gasteiger partial charge in [-0.3, -0.25) is 4.98 Å². The number of nitrogens with zero attached hydrogens (tertiary/aromatic N) is 3. The number of aromatic nitrogens is 3. The van der Waals surface area contributed by atoms with Crippen LogP contribution in [0, 0.1) is 20.8 Å². The largest absolute Gasteiger partial charge is 0.496 e. The second-order valence-corrected chi connectivity index (χ2v) is 4.85. The Morgan fingerprint density at radius 1 is 1.28 bits per heavy atom. The van der Waals surface area contributed by atoms with Gasteiger partial charge in [-0.05, 0) is 13.8 Å². The molecule has 0 radical (unpaired) electrons. The standard InChI is InChI=1S/C12H15N3O2S/c1-7-5-13-10(8(2)11(7)16-4)6-18-12-15-14-9(3)17-12/h5H,6H2,1-4H3. The van der Waals surface area contributed by atoms with Crippen LogP contribution in [-0.2, 0) is 5.75 Å². The van der Waals surface area contributed by atoms with Crippen molar-refractivity contribution in [2.45, 2.75) is 31.7 Å². The molecule has 0 fully saturated rings. The zero-order chi connectivity index (χ0) is 13.1. The van der Waals surface area contributed by atoms with Crippen molar-refractivity contribution in [2.75, 3.05) is 7.11 Å². The third-order valence-corrected chi connectivity index (χ3v) is 3.42. The lowest BCUT2D eigenvalue weighted by molar-refractivity contribution is 0.407. The minimum Gasteiger partial charge on any atom is -0.496 e. The summed E-state index contributed by atoms with van der Waals surface area (Å²) >= 11 is 1.48. The van der Waals surface area contributed by atoms with E-state index in [-0.39, 0.29) is 0 Å². The van der Waals surface area contributed by atoms with Crippen molar-refractivity contribution in [3.8, 4) is 5.75 Å². The lowest BCUT2D eigenvalue weighted by atomic mass is 10.1. The molecule has 6 heteroatoms. The number of hydrogen-bond donors (Lipinski definition) is 0. The van der Waals surface area contributed by atoms with Crippen molar-refractivity contribution in [2.24, 2.45) is 0 Å². The van der Waals surface area contributed by atoms with Crippen LogP contribution in [0.1, 0.15) is 22.7 Å². The van der Waals surface area contributed by atoms with E-state index in [9.17, 15) is 0 Å². The Balaban J connectivity index is 2.14. The fourth-order valence-electron chi connectivity index (χ4n) is 1.68. The first-order chi connectivity index (χ1) is 8.61. The summed E-state index contributed by atoms with van der Waals surface area (Å²) in [6, 6.07) is 0. The predicted octanol–water partition coefficient (Wildman–Crippen LogP) is 2.69. The molecular weight excluding hydrogens is 250 g/mol. The molecule has 2 aromatic rings. The minimum atomic E-state index is 0.563. The number of ether oxygens (including phenoxy) is 1. The number of rotatable bonds is 4. The fourth-order valence-corrected chi connectivity index (χ4v) is 2.51. The van der Waals surface area contributed by atoms with Crippen LogP contribution in [0.4, 0.5) is 0 Å². The third-order valence-electron chi connectivity index (χ3n) is 2.59. The van der Waals surface area contributed by atoms with E-state index in [0.717, 1.165) is 22.6 Å². The van der Waals surface area contributed by atoms with Crippen LogP contribution >= 0.6 is 11.8 Å². The number of thioether (sulfide) groups is 1. The number of methoxy groups -OCH3 is 1. The number of pyridine rings is 1. The molecule has 0 aliphatic rings. The summed E-state index contributed by atoms with van der Waals surface area (Å²) in [5.74, 6) is 2.15. The molecule has 0 saturated heterocycles. The summed E-state index contributed by atoms with van der Waals surface area (Å²) in [7, 11) is 1.67. The Morgan fingerprint density at radius 3 is 2.67 bits per heavy atom. The second-order valence-electron chi connectivity index (χ2n) is 3.92. The summed E-state index contributed by atoms with van der Waals surface area (Å²) in [4.78, 5) is 4.42. The SMILES string of the molecule is COc1c(C)cnc(CSc2nnc(C)o2)c1C. The van der Waals surface area contributed by atoms with Crippen LogP contribution in [0.3, 0.4) is 0 Å². The number of aryl methyl sites for hydroxylation is 2. The van der Waals surface area contributed by atoms with Crippen molar-refractivity contribution in [3.63, 3.8) is 0 Å². The van der Waals surface area contributed by atoms with Gasteiger partial charge in [0.25, 0.3) is 5.22 Å². The molecule has 2 aromatic heterocycles. The monoisotopic (exact) mass is 265 g/mol. The average Bonchev–Trinajstić information content (AvgIpc) is 2.75. The first-order valence-corrected chi connectivity index (χ1v) is 6.52. The highest BCUT2D eigenvalue weighted by atomic mass is 32.2. The Labute approximate surface area is 110 Å². The van der Waals surface area contributed by atoms with Crippen LogP contribution in [0.2, 0.25) is 0 Å². The maximum Gasteiger partial charge on any atom is 0.276 e. The second kappa shape index (κ2) is 5.39. The highest BCUT2D eigenvalue weighted by Gasteiger charge is 2.11. The summed E-state index contributed by atoms with van der Waals surface area (Å²) in [5, 5.41) is 8.29. The van der Waals surface area contributed by atoms with Crippen molar-refractivity contribution in [1.29, 1.82) is 0 Å². The average molecular weight is 265 g/mol. The molecule has 0 atom stereocenters. The van der Waals surface area contributed by atoms with Gasteiger partial charge in [-0.2, -0.15) is 0 Å². The van der Waals surface area contributed by atoms with E-state index in [0.29, 0.717) is 16.9 Å². The van der Waals surface area contributed by atoms with E-state index < -0.39 is 0 Å². The van der Waals surface area contributed by atoms with E-state index in [1.165, 1.54) is 11.8 Å². The van der Waals surface area contributed by atoms with Gasteiger partial charge < -0.3 is 9.15 Å². The van der Waals surface area contributed by atoms with Gasteiger partial charge in [0.2, 0.25) is 5.89 Å². The summed E-state index contributed by atoms with van der Waals surface area (Å²) in [6.45, 7) is 5.76. The Bertz CT molecular complexity index is 554. The quantitative estimate of drug-likeness (QED) is 0.792. The van der Waals surface area contributed by atoms with Crippen LogP contribution in [-0.4, -0.2) is 22.3 Å². The van der Waals surface area contributed by atoms with E-state index in [1.807, 2.05) is 20.0 Å². The molecule has 0 aromatic carbocycles. The third kappa shape index (κ3) is 2.64. The summed E-state index contributed by atoms with van der Waals surface area (Å²) < 4.78 is 10.7. The molecule has 0 saturated carbocycles. The molecule has 5 nitrogen and oxygen atoms in total. The predicted molar refractivity (Wildman–Crippen MR) is 68.9 cm³/mol. The van der Waals surface area contributed by atoms with E-state index in [4.69, 9.17) is 9.15 Å². The summed E-state index contributed by atoms with van der Waals surface area (Å²) in [5.41, 5.74) is 3.07. The van der Waals surface area contributed by atoms with Gasteiger partial charge in [0.1, 0.15) is 5.75 Å². The minimum absolute atomic E-state index is 0.563. The van der Waals surface area contributed by atoms with Crippen LogP contribution in [0.5, 0.6) is 5.75 Å². The van der Waals surface area contributed by atoms with Crippen molar-refractivity contribution < 1.29 is 9.15 Å². The molecule has 0 unspecified atom stereocenters. The molecule has 2 heterocycles. The van der Waals surface area contributed by atoms with Gasteiger partial charge in [0, 0.05) is 30.0 Å². The number of hydrogen-bond acceptors (Lipinski definition) is 6. The van der Waals surface area contributed by atoms with Gasteiger partial charge in [-0.1, -0.05) is 11.8 Å². The lowest BCUT2D eigenvalue weighted by Crippen LogP contribution is -1.98. The first-order valence-electron chi connectivity index (χ1n) is 5.53. The molecule has 96 valence electrons. The highest BCUT2D eigenvalue weighted by molar-refractivity contribution is 7.98. The topological polar surface area (TPSA) is 61.0 Å². The van der Waals surface area contributed by atoms with Crippen LogP contribution in [0.25, 0.3) is 0 Å². The molecule has 2 rings (SSSR count). The summed E-state index contributed by atoms with van der Waals surface area (Å²) in [6.07, 6.45) is 1.82. The molecule has 18 heavy (non-hydrogen) atoms. The smallest absolute Gasteiger partial charge is 0.276 e. The molecule has 0 bridgehead atoms. The molecule has 0 spiro atoms. The molecule has 0 amide bonds. The van der Waals surface area contributed by atoms with E-state index >= 15 is 0 Å². The Hall–Kier alpha value is -1.56. The molecule has 0 aliphatic heterocycles. The van der Waals surface area contributed by atoms with Crippen molar-refractivity contribution in [3.05, 3.63) is 28.9 Å². The highest BCUT2D eigenvalue weighted by Crippen LogP contribution is 2.28. The van der Waals surface area contributed by atoms with Crippen molar-refractivity contribution in [1.82, 2.24) is 15.2 Å². The Kier molecular flexibility index (Phi) is 3.86. The zero-order valence-corrected chi connectivity index (χ0v) is 11.7. The van der Waals surface area contributed by atoms with Gasteiger partial charge in [0.05, 0.1) is 12.8 Å². The van der Waals surface area contributed by atoms with E-state index in [2.05, 4.69) is 15.2 Å². The van der Waals surface area contributed by atoms with Crippen LogP contribution in [0.15, 0.2) is 15.8 Å². The van der Waals surface area contributed by atoms with E-state index in [1.54, 1.807) is 14.0 Å². The molecule has 0 aliphatic carbocycles. The normalized spacial score (nSPS) is 10.7. The van der Waals surface area contributed by atoms with Crippen LogP contribution < -0.4 is 4.74 Å². The zero-order valence-electron chi connectivity index (χ0n) is 10.9. The fraction of sp³-hybridized carbons (Fsp3) is 0.417. The molecular formula is C12H15N3O2S. The maximum absolute atomic E-state index is 5.37. The molecule has 0 N–H and O–H groups in total. The van der Waals surface area contributed by atoms with Gasteiger partial charge in [-0.25, -0.2) is 0 Å². The first kappa shape index (κ1) is 12.9. The van der Waals surface area contributed by atoms with Gasteiger partial charge in [-0.15, -0.1) is 10.2 Å². The maximum atomic E-state index is 5.37. The Morgan fingerprint density at radius 2 is 2.06 bits per heavy atom. The van der Waals surface area contributed by atoms with Crippen molar-refractivity contribution >= 4 is 11.8 Å². The van der Waals surface area contributed by atoms with Gasteiger partial charge in [0.15, 0.2) is 0 Å².